The first-order valence-electron chi connectivity index (χ1n) is 29.1. The van der Waals surface area contributed by atoms with E-state index in [0.717, 1.165) is 56.1 Å². The number of pyridine rings is 1. The molecule has 9 heteroatoms. The molecule has 0 saturated heterocycles. The van der Waals surface area contributed by atoms with Crippen molar-refractivity contribution in [1.82, 2.24) is 14.1 Å². The van der Waals surface area contributed by atoms with Crippen LogP contribution in [0.5, 0.6) is 0 Å². The second-order valence-corrected chi connectivity index (χ2v) is 21.9. The highest BCUT2D eigenvalue weighted by molar-refractivity contribution is 7.76. The van der Waals surface area contributed by atoms with E-state index >= 15 is 0 Å². The summed E-state index contributed by atoms with van der Waals surface area (Å²) in [6.45, 7) is 0. The molecule has 0 aliphatic rings. The summed E-state index contributed by atoms with van der Waals surface area (Å²) < 4.78 is 4.73. The Hall–Kier alpha value is -10.2. The van der Waals surface area contributed by atoms with Gasteiger partial charge in [-0.25, -0.2) is 4.98 Å². The van der Waals surface area contributed by atoms with E-state index in [4.69, 9.17) is 35.9 Å². The minimum Gasteiger partial charge on any atom is -0.309 e. The van der Waals surface area contributed by atoms with Crippen LogP contribution in [0.1, 0.15) is 0 Å². The fourth-order valence-electron chi connectivity index (χ4n) is 11.9. The zero-order valence-corrected chi connectivity index (χ0v) is 47.3. The zero-order valence-electron chi connectivity index (χ0n) is 47.3. The van der Waals surface area contributed by atoms with Crippen LogP contribution in [0.2, 0.25) is 0 Å². The molecule has 0 N–H and O–H groups in total. The fourth-order valence-corrected chi connectivity index (χ4v) is 11.9. The lowest BCUT2D eigenvalue weighted by molar-refractivity contribution is 1.18. The van der Waals surface area contributed by atoms with Crippen LogP contribution in [0.25, 0.3) is 144 Å². The second-order valence-electron chi connectivity index (χ2n) is 21.9. The molecule has 15 aromatic rings. The van der Waals surface area contributed by atoms with E-state index in [1.54, 1.807) is 0 Å². The van der Waals surface area contributed by atoms with Crippen molar-refractivity contribution in [2.24, 2.45) is 0 Å². The van der Waals surface area contributed by atoms with Crippen LogP contribution < -0.4 is 0 Å². The monoisotopic (exact) mass is 1080 g/mol. The molecule has 3 aromatic heterocycles. The Morgan fingerprint density at radius 3 is 0.686 bits per heavy atom. The average Bonchev–Trinajstić information content (AvgIpc) is 2.07. The van der Waals surface area contributed by atoms with Gasteiger partial charge in [0, 0.05) is 87.8 Å². The summed E-state index contributed by atoms with van der Waals surface area (Å²) in [4.78, 5) is 5.36. The van der Waals surface area contributed by atoms with Crippen LogP contribution in [0.4, 0.5) is 0 Å². The predicted octanol–water partition coefficient (Wildman–Crippen LogP) is 18.3. The molecule has 3 heterocycles. The highest BCUT2D eigenvalue weighted by atomic mass is 15.0. The summed E-state index contributed by atoms with van der Waals surface area (Å²) in [6, 6.07) is 112. The summed E-state index contributed by atoms with van der Waals surface area (Å²) in [5.41, 5.74) is 25.2. The van der Waals surface area contributed by atoms with E-state index in [2.05, 4.69) is 319 Å². The molecule has 15 rings (SSSR count). The maximum atomic E-state index is 5.36. The summed E-state index contributed by atoms with van der Waals surface area (Å²) in [7, 11) is 19.9. The second kappa shape index (κ2) is 23.4. The van der Waals surface area contributed by atoms with Gasteiger partial charge in [-0.15, -0.1) is 0 Å². The molecule has 392 valence electrons. The number of benzene rings is 12. The van der Waals surface area contributed by atoms with Gasteiger partial charge in [-0.2, -0.15) is 0 Å². The Morgan fingerprint density at radius 2 is 0.419 bits per heavy atom. The number of rotatable bonds is 11. The lowest BCUT2D eigenvalue weighted by atomic mass is 8.81. The molecule has 0 bridgehead atoms. The third kappa shape index (κ3) is 10.6. The number of aromatic nitrogens is 3. The van der Waals surface area contributed by atoms with Crippen molar-refractivity contribution in [1.29, 1.82) is 0 Å². The maximum absolute atomic E-state index is 5.36. The minimum absolute atomic E-state index is 0.593. The summed E-state index contributed by atoms with van der Waals surface area (Å²) >= 11 is 0. The third-order valence-corrected chi connectivity index (χ3v) is 16.5. The number of para-hydroxylation sites is 4. The molecule has 0 fully saturated rings. The molecule has 0 aliphatic heterocycles. The Morgan fingerprint density at radius 1 is 0.209 bits per heavy atom. The smallest absolute Gasteiger partial charge is 0.0715 e. The first-order chi connectivity index (χ1) is 42.3. The maximum Gasteiger partial charge on any atom is 0.0715 e. The van der Waals surface area contributed by atoms with Gasteiger partial charge >= 0.3 is 0 Å². The molecular weight excluding hydrogens is 1030 g/mol. The molecule has 8 radical (unpaired) electrons. The van der Waals surface area contributed by atoms with Gasteiger partial charge in [0.2, 0.25) is 0 Å². The Labute approximate surface area is 508 Å². The van der Waals surface area contributed by atoms with Crippen molar-refractivity contribution >= 4 is 87.3 Å². The van der Waals surface area contributed by atoms with Crippen molar-refractivity contribution in [2.45, 2.75) is 0 Å². The van der Waals surface area contributed by atoms with Crippen molar-refractivity contribution in [3.05, 3.63) is 309 Å². The summed E-state index contributed by atoms with van der Waals surface area (Å²) in [6.07, 6.45) is -1.19. The standard InChI is InChI=1S/C77H51N3.B6/c1-2-12-52(13-3-1)53-30-32-62(33-31-53)65-50-72(63-38-34-58(35-39-63)54-22-26-56(27-23-54)60-42-46-66(47-43-60)79-74-18-8-4-14-68(74)69-15-5-9-19-75(69)79)78-73(51-65)64-40-36-59(37-41-64)55-24-28-57(29-25-55)61-44-48-67(49-45-61)80-76-20-10-6-16-70(76)71-17-7-11-21-77(71)80;1-5(2)6(3)4/h1-51H;. The Kier molecular flexibility index (Phi) is 14.7. The van der Waals surface area contributed by atoms with Gasteiger partial charge in [0.15, 0.2) is 0 Å². The molecule has 0 unspecified atom stereocenters. The van der Waals surface area contributed by atoms with Crippen LogP contribution in [0.15, 0.2) is 309 Å². The van der Waals surface area contributed by atoms with Gasteiger partial charge < -0.3 is 9.13 Å². The Bertz CT molecular complexity index is 4490. The molecule has 86 heavy (non-hydrogen) atoms. The van der Waals surface area contributed by atoms with Gasteiger partial charge in [0.05, 0.1) is 33.5 Å². The van der Waals surface area contributed by atoms with E-state index in [1.807, 2.05) is 0 Å². The van der Waals surface area contributed by atoms with Crippen LogP contribution in [0.3, 0.4) is 0 Å². The molecule has 0 saturated carbocycles. The quantitative estimate of drug-likeness (QED) is 0.118. The van der Waals surface area contributed by atoms with Crippen molar-refractivity contribution in [2.75, 3.05) is 0 Å². The molecule has 12 aromatic carbocycles. The van der Waals surface area contributed by atoms with Crippen LogP contribution in [0, 0.1) is 0 Å². The largest absolute Gasteiger partial charge is 0.309 e. The zero-order chi connectivity index (χ0) is 58.1. The average molecular weight is 1080 g/mol. The van der Waals surface area contributed by atoms with Crippen LogP contribution >= 0.6 is 0 Å². The summed E-state index contributed by atoms with van der Waals surface area (Å²) in [5.74, 6) is 0. The van der Waals surface area contributed by atoms with Gasteiger partial charge in [0.25, 0.3) is 0 Å². The highest BCUT2D eigenvalue weighted by Crippen LogP contribution is 2.38. The van der Waals surface area contributed by atoms with Gasteiger partial charge in [-0.1, -0.05) is 249 Å². The first kappa shape index (κ1) is 53.8. The van der Waals surface area contributed by atoms with E-state index in [-0.39, 0.29) is 0 Å². The minimum atomic E-state index is -0.593. The van der Waals surface area contributed by atoms with E-state index in [1.165, 1.54) is 88.1 Å². The molecule has 0 spiro atoms. The van der Waals surface area contributed by atoms with E-state index < -0.39 is 12.8 Å². The first-order valence-corrected chi connectivity index (χ1v) is 29.1. The number of hydrogen-bond donors (Lipinski definition) is 0. The third-order valence-electron chi connectivity index (χ3n) is 16.5. The topological polar surface area (TPSA) is 22.8 Å². The normalized spacial score (nSPS) is 11.2. The predicted molar refractivity (Wildman–Crippen MR) is 371 cm³/mol. The lowest BCUT2D eigenvalue weighted by Gasteiger charge is -2.12. The Balaban J connectivity index is 0.00000104. The van der Waals surface area contributed by atoms with Gasteiger partial charge in [0.1, 0.15) is 0 Å². The SMILES string of the molecule is [B]B([B])B([B])[B].c1ccc(-c2ccc(-c3cc(-c4ccc(-c5ccc(-c6ccc(-n7c8ccccc8c8ccccc87)cc6)cc5)cc4)nc(-c4ccc(-c5ccc(-c6ccc(-n7c8ccccc8c8ccccc87)cc6)cc5)cc4)c3)cc2)cc1. The molecule has 0 atom stereocenters. The van der Waals surface area contributed by atoms with Crippen molar-refractivity contribution < 1.29 is 0 Å². The fraction of sp³-hybridized carbons (Fsp3) is 0. The van der Waals surface area contributed by atoms with Crippen LogP contribution in [-0.4, -0.2) is 57.8 Å². The number of hydrogen-bond acceptors (Lipinski definition) is 1. The van der Waals surface area contributed by atoms with Crippen molar-refractivity contribution in [3.63, 3.8) is 0 Å². The van der Waals surface area contributed by atoms with Crippen molar-refractivity contribution in [3.8, 4) is 101 Å². The van der Waals surface area contributed by atoms with E-state index in [0.29, 0.717) is 0 Å². The lowest BCUT2D eigenvalue weighted by Crippen LogP contribution is -2.38. The molecule has 0 amide bonds. The highest BCUT2D eigenvalue weighted by Gasteiger charge is 2.16. The summed E-state index contributed by atoms with van der Waals surface area (Å²) in [5, 5.41) is 5.08. The van der Waals surface area contributed by atoms with Crippen LogP contribution in [-0.2, 0) is 0 Å². The molecular formula is C77H51B6N3. The number of fused-ring (bicyclic) bond motifs is 6. The van der Waals surface area contributed by atoms with Gasteiger partial charge in [-0.05, 0) is 127 Å². The van der Waals surface area contributed by atoms with Gasteiger partial charge in [-0.3, -0.25) is 0 Å². The molecule has 3 nitrogen and oxygen atoms in total. The van der Waals surface area contributed by atoms with E-state index in [9.17, 15) is 0 Å². The number of nitrogens with zero attached hydrogens (tertiary/aromatic N) is 3. The molecule has 0 aliphatic carbocycles.